The monoisotopic (exact) mass is 353 g/mol. The predicted octanol–water partition coefficient (Wildman–Crippen LogP) is 3.01. The zero-order valence-corrected chi connectivity index (χ0v) is 13.4. The number of nitrogens with two attached hydrogens (primary N) is 2. The molecular weight excluding hydrogens is 339 g/mol. The van der Waals surface area contributed by atoms with Crippen molar-refractivity contribution in [1.29, 1.82) is 5.26 Å². The lowest BCUT2D eigenvalue weighted by Crippen LogP contribution is -2.23. The van der Waals surface area contributed by atoms with Crippen molar-refractivity contribution >= 4 is 17.0 Å². The molecule has 1 aromatic carbocycles. The van der Waals surface area contributed by atoms with Gasteiger partial charge in [-0.2, -0.15) is 18.4 Å². The molecule has 0 atom stereocenters. The molecule has 0 fully saturated rings. The van der Waals surface area contributed by atoms with E-state index in [2.05, 4.69) is 10.4 Å². The van der Waals surface area contributed by atoms with Crippen LogP contribution in [0.5, 0.6) is 0 Å². The van der Waals surface area contributed by atoms with Crippen molar-refractivity contribution in [2.24, 2.45) is 11.6 Å². The lowest BCUT2D eigenvalue weighted by molar-refractivity contribution is -0.137. The fourth-order valence-corrected chi connectivity index (χ4v) is 3.05. The molecule has 0 amide bonds. The number of nitrogens with zero attached hydrogens (tertiary/aromatic N) is 2. The number of halogens is 3. The number of rotatable bonds is 4. The topological polar surface area (TPSA) is 101 Å². The Labute approximate surface area is 140 Å². The number of benzene rings is 1. The molecular formula is C15H14F3N5S. The van der Waals surface area contributed by atoms with Gasteiger partial charge in [-0.25, -0.2) is 10.8 Å². The van der Waals surface area contributed by atoms with Gasteiger partial charge in [0.05, 0.1) is 11.3 Å². The first-order valence-electron chi connectivity index (χ1n) is 6.86. The highest BCUT2D eigenvalue weighted by Gasteiger charge is 2.30. The molecule has 2 rings (SSSR count). The molecule has 126 valence electrons. The average Bonchev–Trinajstić information content (AvgIpc) is 2.99. The second-order valence-electron chi connectivity index (χ2n) is 4.77. The van der Waals surface area contributed by atoms with Crippen molar-refractivity contribution in [3.8, 4) is 16.6 Å². The van der Waals surface area contributed by atoms with Crippen LogP contribution in [0.4, 0.5) is 13.2 Å². The normalized spacial score (nSPS) is 12.5. The molecule has 0 aliphatic carbocycles. The van der Waals surface area contributed by atoms with Gasteiger partial charge in [-0.3, -0.25) is 0 Å². The molecule has 5 nitrogen and oxygen atoms in total. The zero-order chi connectivity index (χ0) is 17.9. The molecule has 0 saturated carbocycles. The minimum absolute atomic E-state index is 0.0504. The summed E-state index contributed by atoms with van der Waals surface area (Å²) in [6, 6.07) is 6.72. The van der Waals surface area contributed by atoms with Crippen molar-refractivity contribution in [3.63, 3.8) is 0 Å². The van der Waals surface area contributed by atoms with Crippen molar-refractivity contribution < 1.29 is 13.2 Å². The van der Waals surface area contributed by atoms with Crippen LogP contribution in [0.1, 0.15) is 23.1 Å². The lowest BCUT2D eigenvalue weighted by atomic mass is 10.1. The standard InChI is InChI=1S/C15H14F3N5S/c1-2-11-13(12(20)10(7-19)23-21)22-14(24-11)8-4-3-5-9(6-8)15(16,17)18/h3-6,23H,2,20-21H2,1H3/b12-10-. The fraction of sp³-hybridized carbons (Fsp3) is 0.200. The van der Waals surface area contributed by atoms with E-state index in [1.165, 1.54) is 17.4 Å². The Morgan fingerprint density at radius 1 is 1.42 bits per heavy atom. The number of nitriles is 1. The van der Waals surface area contributed by atoms with E-state index in [-0.39, 0.29) is 11.4 Å². The molecule has 1 aromatic heterocycles. The second-order valence-corrected chi connectivity index (χ2v) is 5.85. The van der Waals surface area contributed by atoms with Crippen LogP contribution >= 0.6 is 11.3 Å². The van der Waals surface area contributed by atoms with E-state index >= 15 is 0 Å². The zero-order valence-electron chi connectivity index (χ0n) is 12.6. The smallest absolute Gasteiger partial charge is 0.395 e. The number of thiazole rings is 1. The van der Waals surface area contributed by atoms with Crippen LogP contribution < -0.4 is 17.0 Å². The van der Waals surface area contributed by atoms with Crippen LogP contribution in [0, 0.1) is 11.3 Å². The van der Waals surface area contributed by atoms with Gasteiger partial charge < -0.3 is 11.2 Å². The Morgan fingerprint density at radius 3 is 2.67 bits per heavy atom. The van der Waals surface area contributed by atoms with Gasteiger partial charge in [0.25, 0.3) is 0 Å². The van der Waals surface area contributed by atoms with Gasteiger partial charge in [-0.1, -0.05) is 19.1 Å². The fourth-order valence-electron chi connectivity index (χ4n) is 2.04. The molecule has 0 aliphatic rings. The average molecular weight is 353 g/mol. The highest BCUT2D eigenvalue weighted by atomic mass is 32.1. The number of hydrazine groups is 1. The van der Waals surface area contributed by atoms with Gasteiger partial charge in [0.2, 0.25) is 0 Å². The van der Waals surface area contributed by atoms with Gasteiger partial charge in [-0.05, 0) is 18.6 Å². The summed E-state index contributed by atoms with van der Waals surface area (Å²) in [5, 5.41) is 9.39. The summed E-state index contributed by atoms with van der Waals surface area (Å²) < 4.78 is 38.6. The van der Waals surface area contributed by atoms with E-state index < -0.39 is 11.7 Å². The van der Waals surface area contributed by atoms with Crippen LogP contribution in [0.15, 0.2) is 30.0 Å². The Kier molecular flexibility index (Phi) is 5.11. The summed E-state index contributed by atoms with van der Waals surface area (Å²) in [4.78, 5) is 5.07. The number of allylic oxidation sites excluding steroid dienone is 1. The highest BCUT2D eigenvalue weighted by Crippen LogP contribution is 2.35. The lowest BCUT2D eigenvalue weighted by Gasteiger charge is -2.07. The third-order valence-corrected chi connectivity index (χ3v) is 4.48. The molecule has 0 bridgehead atoms. The van der Waals surface area contributed by atoms with Crippen LogP contribution in [-0.4, -0.2) is 4.98 Å². The molecule has 24 heavy (non-hydrogen) atoms. The van der Waals surface area contributed by atoms with Crippen LogP contribution in [0.25, 0.3) is 16.3 Å². The molecule has 2 aromatic rings. The molecule has 9 heteroatoms. The Morgan fingerprint density at radius 2 is 2.12 bits per heavy atom. The van der Waals surface area contributed by atoms with Crippen molar-refractivity contribution in [2.75, 3.05) is 0 Å². The summed E-state index contributed by atoms with van der Waals surface area (Å²) in [7, 11) is 0. The predicted molar refractivity (Wildman–Crippen MR) is 86.0 cm³/mol. The number of nitrogens with one attached hydrogen (secondary N) is 1. The van der Waals surface area contributed by atoms with E-state index in [1.54, 1.807) is 6.07 Å². The number of alkyl halides is 3. The Hall–Kier alpha value is -2.57. The highest BCUT2D eigenvalue weighted by molar-refractivity contribution is 7.15. The van der Waals surface area contributed by atoms with Gasteiger partial charge in [-0.15, -0.1) is 11.3 Å². The number of hydrogen-bond acceptors (Lipinski definition) is 6. The van der Waals surface area contributed by atoms with E-state index in [0.717, 1.165) is 17.0 Å². The molecule has 5 N–H and O–H groups in total. The first-order chi connectivity index (χ1) is 11.3. The second kappa shape index (κ2) is 6.90. The van der Waals surface area contributed by atoms with Crippen molar-refractivity contribution in [1.82, 2.24) is 10.4 Å². The van der Waals surface area contributed by atoms with Gasteiger partial charge in [0.1, 0.15) is 16.8 Å². The first-order valence-corrected chi connectivity index (χ1v) is 7.67. The summed E-state index contributed by atoms with van der Waals surface area (Å²) in [5.74, 6) is 5.24. The summed E-state index contributed by atoms with van der Waals surface area (Å²) in [6.45, 7) is 1.86. The summed E-state index contributed by atoms with van der Waals surface area (Å²) in [5.41, 5.74) is 8.04. The number of hydrogen-bond donors (Lipinski definition) is 3. The number of aromatic nitrogens is 1. The third-order valence-electron chi connectivity index (χ3n) is 3.24. The molecule has 1 heterocycles. The summed E-state index contributed by atoms with van der Waals surface area (Å²) in [6.07, 6.45) is -3.87. The maximum absolute atomic E-state index is 12.9. The van der Waals surface area contributed by atoms with Crippen molar-refractivity contribution in [2.45, 2.75) is 19.5 Å². The van der Waals surface area contributed by atoms with Crippen LogP contribution in [0.3, 0.4) is 0 Å². The van der Waals surface area contributed by atoms with Gasteiger partial charge in [0, 0.05) is 10.4 Å². The van der Waals surface area contributed by atoms with Crippen LogP contribution in [-0.2, 0) is 12.6 Å². The largest absolute Gasteiger partial charge is 0.416 e. The Bertz CT molecular complexity index is 817. The summed E-state index contributed by atoms with van der Waals surface area (Å²) >= 11 is 1.23. The van der Waals surface area contributed by atoms with E-state index in [9.17, 15) is 13.2 Å². The Balaban J connectivity index is 2.56. The maximum atomic E-state index is 12.9. The van der Waals surface area contributed by atoms with E-state index in [0.29, 0.717) is 22.7 Å². The molecule has 0 aliphatic heterocycles. The SMILES string of the molecule is CCc1sc(-c2cccc(C(F)(F)F)c2)nc1/C(N)=C(\C#N)NN. The quantitative estimate of drug-likeness (QED) is 0.446. The van der Waals surface area contributed by atoms with Crippen LogP contribution in [0.2, 0.25) is 0 Å². The maximum Gasteiger partial charge on any atom is 0.416 e. The molecule has 0 spiro atoms. The van der Waals surface area contributed by atoms with E-state index in [4.69, 9.17) is 16.8 Å². The van der Waals surface area contributed by atoms with Gasteiger partial charge >= 0.3 is 6.18 Å². The van der Waals surface area contributed by atoms with Gasteiger partial charge in [0.15, 0.2) is 5.70 Å². The van der Waals surface area contributed by atoms with Crippen molar-refractivity contribution in [3.05, 3.63) is 46.1 Å². The molecule has 0 unspecified atom stereocenters. The first kappa shape index (κ1) is 17.8. The molecule has 0 radical (unpaired) electrons. The molecule has 0 saturated heterocycles. The minimum atomic E-state index is -4.43. The third kappa shape index (κ3) is 3.50. The minimum Gasteiger partial charge on any atom is -0.395 e. The van der Waals surface area contributed by atoms with E-state index in [1.807, 2.05) is 13.0 Å². The number of aryl methyl sites for hydroxylation is 1.